The van der Waals surface area contributed by atoms with Gasteiger partial charge in [0.05, 0.1) is 25.1 Å². The number of carbonyl (C=O) groups excluding carboxylic acids is 2. The minimum Gasteiger partial charge on any atom is -0.469 e. The second kappa shape index (κ2) is 7.24. The van der Waals surface area contributed by atoms with E-state index in [9.17, 15) is 9.59 Å². The van der Waals surface area contributed by atoms with Crippen LogP contribution in [0.1, 0.15) is 28.4 Å². The van der Waals surface area contributed by atoms with Crippen LogP contribution in [0.25, 0.3) is 0 Å². The van der Waals surface area contributed by atoms with Crippen molar-refractivity contribution in [2.75, 3.05) is 7.11 Å². The highest BCUT2D eigenvalue weighted by Crippen LogP contribution is 2.26. The smallest absolute Gasteiger partial charge is 0.307 e. The molecule has 2 aromatic rings. The number of rotatable bonds is 5. The molecule has 2 rings (SSSR count). The Kier molecular flexibility index (Phi) is 5.36. The van der Waals surface area contributed by atoms with E-state index in [0.29, 0.717) is 16.1 Å². The van der Waals surface area contributed by atoms with Crippen molar-refractivity contribution in [2.45, 2.75) is 12.5 Å². The highest BCUT2D eigenvalue weighted by Gasteiger charge is 2.21. The molecule has 1 N–H and O–H groups in total. The van der Waals surface area contributed by atoms with Crippen LogP contribution >= 0.6 is 22.9 Å². The van der Waals surface area contributed by atoms with Gasteiger partial charge >= 0.3 is 5.97 Å². The zero-order chi connectivity index (χ0) is 15.2. The van der Waals surface area contributed by atoms with E-state index in [-0.39, 0.29) is 12.3 Å². The van der Waals surface area contributed by atoms with Crippen LogP contribution in [0.5, 0.6) is 0 Å². The largest absolute Gasteiger partial charge is 0.469 e. The van der Waals surface area contributed by atoms with Crippen molar-refractivity contribution in [1.29, 1.82) is 0 Å². The molecule has 0 saturated carbocycles. The summed E-state index contributed by atoms with van der Waals surface area (Å²) in [5, 5.41) is 6.89. The SMILES string of the molecule is COC(=O)C[C@H](NC(=O)c1ccsc1)c1ccccc1Cl. The third-order valence-electron chi connectivity index (χ3n) is 2.97. The molecule has 0 bridgehead atoms. The van der Waals surface area contributed by atoms with Gasteiger partial charge in [0.25, 0.3) is 5.91 Å². The van der Waals surface area contributed by atoms with Gasteiger partial charge in [-0.05, 0) is 23.1 Å². The van der Waals surface area contributed by atoms with Crippen LogP contribution in [0.3, 0.4) is 0 Å². The van der Waals surface area contributed by atoms with Gasteiger partial charge in [0.2, 0.25) is 0 Å². The number of benzene rings is 1. The lowest BCUT2D eigenvalue weighted by molar-refractivity contribution is -0.141. The van der Waals surface area contributed by atoms with E-state index in [1.165, 1.54) is 18.4 Å². The summed E-state index contributed by atoms with van der Waals surface area (Å²) < 4.78 is 4.68. The third-order valence-corrected chi connectivity index (χ3v) is 4.00. The highest BCUT2D eigenvalue weighted by molar-refractivity contribution is 7.08. The van der Waals surface area contributed by atoms with Gasteiger partial charge in [0.1, 0.15) is 0 Å². The van der Waals surface area contributed by atoms with Gasteiger partial charge in [0.15, 0.2) is 0 Å². The van der Waals surface area contributed by atoms with Crippen molar-refractivity contribution in [3.05, 3.63) is 57.2 Å². The fourth-order valence-corrected chi connectivity index (χ4v) is 2.79. The van der Waals surface area contributed by atoms with E-state index >= 15 is 0 Å². The lowest BCUT2D eigenvalue weighted by Gasteiger charge is -2.19. The average Bonchev–Trinajstić information content (AvgIpc) is 3.01. The number of methoxy groups -OCH3 is 1. The standard InChI is InChI=1S/C15H14ClNO3S/c1-20-14(18)8-13(11-4-2-3-5-12(11)16)17-15(19)10-6-7-21-9-10/h2-7,9,13H,8H2,1H3,(H,17,19)/t13-/m0/s1. The van der Waals surface area contributed by atoms with Crippen LogP contribution in [0.2, 0.25) is 5.02 Å². The van der Waals surface area contributed by atoms with Crippen molar-refractivity contribution >= 4 is 34.8 Å². The summed E-state index contributed by atoms with van der Waals surface area (Å²) in [5.74, 6) is -0.657. The number of hydrogen-bond donors (Lipinski definition) is 1. The zero-order valence-corrected chi connectivity index (χ0v) is 12.9. The summed E-state index contributed by atoms with van der Waals surface area (Å²) in [5.41, 5.74) is 1.25. The molecule has 1 heterocycles. The van der Waals surface area contributed by atoms with Gasteiger partial charge in [-0.3, -0.25) is 9.59 Å². The van der Waals surface area contributed by atoms with E-state index in [1.807, 2.05) is 11.4 Å². The number of esters is 1. The van der Waals surface area contributed by atoms with E-state index in [2.05, 4.69) is 10.1 Å². The van der Waals surface area contributed by atoms with Gasteiger partial charge in [-0.25, -0.2) is 0 Å². The molecular formula is C15H14ClNO3S. The molecule has 0 fully saturated rings. The molecule has 0 spiro atoms. The first kappa shape index (κ1) is 15.5. The zero-order valence-electron chi connectivity index (χ0n) is 11.3. The van der Waals surface area contributed by atoms with Crippen LogP contribution < -0.4 is 5.32 Å². The predicted octanol–water partition coefficient (Wildman–Crippen LogP) is 3.44. The van der Waals surface area contributed by atoms with Crippen LogP contribution in [0.15, 0.2) is 41.1 Å². The Morgan fingerprint density at radius 3 is 2.71 bits per heavy atom. The number of amides is 1. The number of halogens is 1. The van der Waals surface area contributed by atoms with Crippen molar-refractivity contribution in [2.24, 2.45) is 0 Å². The predicted molar refractivity (Wildman–Crippen MR) is 82.6 cm³/mol. The molecule has 0 aliphatic carbocycles. The van der Waals surface area contributed by atoms with E-state index in [1.54, 1.807) is 29.6 Å². The first-order valence-electron chi connectivity index (χ1n) is 6.26. The maximum Gasteiger partial charge on any atom is 0.307 e. The highest BCUT2D eigenvalue weighted by atomic mass is 35.5. The average molecular weight is 324 g/mol. The van der Waals surface area contributed by atoms with E-state index < -0.39 is 12.0 Å². The first-order chi connectivity index (χ1) is 10.1. The molecule has 6 heteroatoms. The van der Waals surface area contributed by atoms with Crippen molar-refractivity contribution < 1.29 is 14.3 Å². The maximum atomic E-state index is 12.2. The number of carbonyl (C=O) groups is 2. The normalized spacial score (nSPS) is 11.7. The molecule has 21 heavy (non-hydrogen) atoms. The van der Waals surface area contributed by atoms with Gasteiger partial charge < -0.3 is 10.1 Å². The monoisotopic (exact) mass is 323 g/mol. The van der Waals surface area contributed by atoms with Crippen molar-refractivity contribution in [3.8, 4) is 0 Å². The quantitative estimate of drug-likeness (QED) is 0.858. The first-order valence-corrected chi connectivity index (χ1v) is 7.58. The Bertz CT molecular complexity index is 628. The number of ether oxygens (including phenoxy) is 1. The Balaban J connectivity index is 2.22. The van der Waals surface area contributed by atoms with Gasteiger partial charge in [0, 0.05) is 10.4 Å². The summed E-state index contributed by atoms with van der Waals surface area (Å²) in [6.07, 6.45) is 0.0239. The molecule has 1 atom stereocenters. The number of thiophene rings is 1. The molecule has 4 nitrogen and oxygen atoms in total. The Hall–Kier alpha value is -1.85. The van der Waals surface area contributed by atoms with Crippen LogP contribution in [-0.2, 0) is 9.53 Å². The summed E-state index contributed by atoms with van der Waals surface area (Å²) >= 11 is 7.59. The molecule has 0 unspecified atom stereocenters. The lowest BCUT2D eigenvalue weighted by atomic mass is 10.0. The molecule has 1 aromatic heterocycles. The molecular weight excluding hydrogens is 310 g/mol. The molecule has 0 aliphatic heterocycles. The van der Waals surface area contributed by atoms with Gasteiger partial charge in [-0.15, -0.1) is 0 Å². The fraction of sp³-hybridized carbons (Fsp3) is 0.200. The molecule has 110 valence electrons. The second-order valence-electron chi connectivity index (χ2n) is 4.34. The van der Waals surface area contributed by atoms with Gasteiger partial charge in [-0.2, -0.15) is 11.3 Å². The summed E-state index contributed by atoms with van der Waals surface area (Å²) in [4.78, 5) is 23.7. The maximum absolute atomic E-state index is 12.2. The fourth-order valence-electron chi connectivity index (χ4n) is 1.88. The van der Waals surface area contributed by atoms with Gasteiger partial charge in [-0.1, -0.05) is 29.8 Å². The van der Waals surface area contributed by atoms with E-state index in [0.717, 1.165) is 0 Å². The second-order valence-corrected chi connectivity index (χ2v) is 5.53. The summed E-state index contributed by atoms with van der Waals surface area (Å²) in [7, 11) is 1.31. The Morgan fingerprint density at radius 2 is 2.10 bits per heavy atom. The molecule has 0 radical (unpaired) electrons. The van der Waals surface area contributed by atoms with E-state index in [4.69, 9.17) is 11.6 Å². The van der Waals surface area contributed by atoms with Crippen LogP contribution in [0.4, 0.5) is 0 Å². The number of hydrogen-bond acceptors (Lipinski definition) is 4. The summed E-state index contributed by atoms with van der Waals surface area (Å²) in [6, 6.07) is 8.30. The topological polar surface area (TPSA) is 55.4 Å². The lowest BCUT2D eigenvalue weighted by Crippen LogP contribution is -2.30. The molecule has 0 aliphatic rings. The molecule has 1 amide bonds. The van der Waals surface area contributed by atoms with Crippen LogP contribution in [0, 0.1) is 0 Å². The Labute approximate surface area is 131 Å². The minimum absolute atomic E-state index is 0.0239. The summed E-state index contributed by atoms with van der Waals surface area (Å²) in [6.45, 7) is 0. The third kappa shape index (κ3) is 4.06. The number of nitrogens with one attached hydrogen (secondary N) is 1. The van der Waals surface area contributed by atoms with Crippen molar-refractivity contribution in [3.63, 3.8) is 0 Å². The molecule has 0 saturated heterocycles. The van der Waals surface area contributed by atoms with Crippen LogP contribution in [-0.4, -0.2) is 19.0 Å². The van der Waals surface area contributed by atoms with Crippen molar-refractivity contribution in [1.82, 2.24) is 5.32 Å². The minimum atomic E-state index is -0.529. The Morgan fingerprint density at radius 1 is 1.33 bits per heavy atom. The molecule has 1 aromatic carbocycles.